The fourth-order valence-corrected chi connectivity index (χ4v) is 3.28. The third-order valence-corrected chi connectivity index (χ3v) is 4.51. The summed E-state index contributed by atoms with van der Waals surface area (Å²) in [7, 11) is 0. The first-order valence-electron chi connectivity index (χ1n) is 8.33. The van der Waals surface area contributed by atoms with E-state index in [-0.39, 0.29) is 5.91 Å². The van der Waals surface area contributed by atoms with E-state index in [9.17, 15) is 4.79 Å². The molecule has 1 aromatic heterocycles. The Morgan fingerprint density at radius 1 is 1.32 bits per heavy atom. The van der Waals surface area contributed by atoms with Crippen molar-refractivity contribution in [3.8, 4) is 0 Å². The van der Waals surface area contributed by atoms with E-state index in [1.165, 1.54) is 12.8 Å². The van der Waals surface area contributed by atoms with Crippen molar-refractivity contribution in [1.29, 1.82) is 0 Å². The fraction of sp³-hybridized carbons (Fsp3) is 0.647. The lowest BCUT2D eigenvalue weighted by molar-refractivity contribution is -0.121. The molecule has 0 aliphatic carbocycles. The van der Waals surface area contributed by atoms with Gasteiger partial charge in [0.05, 0.1) is 12.5 Å². The van der Waals surface area contributed by atoms with E-state index in [4.69, 9.17) is 4.74 Å². The zero-order chi connectivity index (χ0) is 15.2. The van der Waals surface area contributed by atoms with Crippen LogP contribution in [0.2, 0.25) is 0 Å². The first-order chi connectivity index (χ1) is 10.8. The highest BCUT2D eigenvalue weighted by atomic mass is 16.5. The van der Waals surface area contributed by atoms with Crippen LogP contribution in [-0.2, 0) is 16.0 Å². The van der Waals surface area contributed by atoms with Gasteiger partial charge in [0.2, 0.25) is 5.91 Å². The van der Waals surface area contributed by atoms with Crippen molar-refractivity contribution in [3.63, 3.8) is 0 Å². The molecule has 0 saturated carbocycles. The first kappa shape index (κ1) is 15.4. The van der Waals surface area contributed by atoms with Gasteiger partial charge in [-0.25, -0.2) is 0 Å². The minimum absolute atomic E-state index is 0.0799. The highest BCUT2D eigenvalue weighted by molar-refractivity contribution is 5.78. The fourth-order valence-electron chi connectivity index (χ4n) is 3.28. The van der Waals surface area contributed by atoms with Gasteiger partial charge in [0.1, 0.15) is 0 Å². The Balaban J connectivity index is 1.37. The SMILES string of the molecule is O=C(Cc1ccccn1)NC1CCN(C[C@@H]2CCCO2)CC1. The standard InChI is InChI=1S/C17H25N3O2/c21-17(12-15-4-1-2-8-18-15)19-14-6-9-20(10-7-14)13-16-5-3-11-22-16/h1-2,4,8,14,16H,3,5-7,9-13H2,(H,19,21)/t16-/m0/s1. The second-order valence-corrected chi connectivity index (χ2v) is 6.28. The summed E-state index contributed by atoms with van der Waals surface area (Å²) in [5.41, 5.74) is 0.829. The number of likely N-dealkylation sites (tertiary alicyclic amines) is 1. The molecule has 0 radical (unpaired) electrons. The zero-order valence-electron chi connectivity index (χ0n) is 13.0. The van der Waals surface area contributed by atoms with Crippen molar-refractivity contribution >= 4 is 5.91 Å². The number of ether oxygens (including phenoxy) is 1. The van der Waals surface area contributed by atoms with E-state index in [2.05, 4.69) is 15.2 Å². The van der Waals surface area contributed by atoms with Gasteiger partial charge < -0.3 is 15.0 Å². The van der Waals surface area contributed by atoms with Gasteiger partial charge in [0.25, 0.3) is 0 Å². The van der Waals surface area contributed by atoms with Crippen LogP contribution in [0, 0.1) is 0 Å². The second-order valence-electron chi connectivity index (χ2n) is 6.28. The summed E-state index contributed by atoms with van der Waals surface area (Å²) in [6.45, 7) is 4.07. The Morgan fingerprint density at radius 3 is 2.86 bits per heavy atom. The highest BCUT2D eigenvalue weighted by Crippen LogP contribution is 2.17. The molecule has 5 heteroatoms. The number of hydrogen-bond acceptors (Lipinski definition) is 4. The summed E-state index contributed by atoms with van der Waals surface area (Å²) in [6.07, 6.45) is 6.98. The van der Waals surface area contributed by atoms with Crippen LogP contribution >= 0.6 is 0 Å². The summed E-state index contributed by atoms with van der Waals surface area (Å²) in [4.78, 5) is 18.7. The molecule has 22 heavy (non-hydrogen) atoms. The zero-order valence-corrected chi connectivity index (χ0v) is 13.0. The van der Waals surface area contributed by atoms with Crippen LogP contribution in [0.4, 0.5) is 0 Å². The summed E-state index contributed by atoms with van der Waals surface area (Å²) < 4.78 is 5.70. The number of piperidine rings is 1. The molecular weight excluding hydrogens is 278 g/mol. The van der Waals surface area contributed by atoms with Crippen molar-refractivity contribution in [2.24, 2.45) is 0 Å². The lowest BCUT2D eigenvalue weighted by Crippen LogP contribution is -2.46. The molecule has 1 N–H and O–H groups in total. The van der Waals surface area contributed by atoms with Crippen LogP contribution < -0.4 is 5.32 Å². The lowest BCUT2D eigenvalue weighted by Gasteiger charge is -2.33. The molecule has 2 saturated heterocycles. The molecule has 1 atom stereocenters. The lowest BCUT2D eigenvalue weighted by atomic mass is 10.0. The number of nitrogens with zero attached hydrogens (tertiary/aromatic N) is 2. The predicted molar refractivity (Wildman–Crippen MR) is 84.5 cm³/mol. The number of carbonyl (C=O) groups excluding carboxylic acids is 1. The first-order valence-corrected chi connectivity index (χ1v) is 8.33. The van der Waals surface area contributed by atoms with Gasteiger partial charge in [-0.1, -0.05) is 6.07 Å². The largest absolute Gasteiger partial charge is 0.377 e. The van der Waals surface area contributed by atoms with E-state index in [0.29, 0.717) is 18.6 Å². The van der Waals surface area contributed by atoms with Crippen LogP contribution in [0.1, 0.15) is 31.4 Å². The number of amides is 1. The van der Waals surface area contributed by atoms with Gasteiger partial charge in [-0.3, -0.25) is 9.78 Å². The summed E-state index contributed by atoms with van der Waals surface area (Å²) in [6, 6.07) is 5.98. The third kappa shape index (κ3) is 4.52. The average Bonchev–Trinajstić information content (AvgIpc) is 3.03. The van der Waals surface area contributed by atoms with Crippen molar-refractivity contribution in [2.75, 3.05) is 26.2 Å². The van der Waals surface area contributed by atoms with Crippen molar-refractivity contribution < 1.29 is 9.53 Å². The molecule has 2 aliphatic heterocycles. The third-order valence-electron chi connectivity index (χ3n) is 4.51. The number of carbonyl (C=O) groups is 1. The van der Waals surface area contributed by atoms with Crippen LogP contribution in [-0.4, -0.2) is 54.2 Å². The number of aromatic nitrogens is 1. The maximum absolute atomic E-state index is 12.1. The van der Waals surface area contributed by atoms with Crippen LogP contribution in [0.5, 0.6) is 0 Å². The summed E-state index contributed by atoms with van der Waals surface area (Å²) in [5.74, 6) is 0.0799. The van der Waals surface area contributed by atoms with Gasteiger partial charge in [0, 0.05) is 44.2 Å². The molecule has 1 amide bonds. The Labute approximate surface area is 132 Å². The number of rotatable bonds is 5. The number of pyridine rings is 1. The Morgan fingerprint density at radius 2 is 2.18 bits per heavy atom. The molecule has 1 aromatic rings. The second kappa shape index (κ2) is 7.70. The molecule has 0 spiro atoms. The van der Waals surface area contributed by atoms with E-state index in [0.717, 1.165) is 44.8 Å². The molecule has 0 aromatic carbocycles. The molecule has 3 heterocycles. The van der Waals surface area contributed by atoms with Gasteiger partial charge in [-0.05, 0) is 37.8 Å². The maximum atomic E-state index is 12.1. The summed E-state index contributed by atoms with van der Waals surface area (Å²) >= 11 is 0. The smallest absolute Gasteiger partial charge is 0.226 e. The molecule has 3 rings (SSSR count). The average molecular weight is 303 g/mol. The van der Waals surface area contributed by atoms with Crippen LogP contribution in [0.15, 0.2) is 24.4 Å². The van der Waals surface area contributed by atoms with E-state index < -0.39 is 0 Å². The van der Waals surface area contributed by atoms with Gasteiger partial charge >= 0.3 is 0 Å². The van der Waals surface area contributed by atoms with Crippen LogP contribution in [0.25, 0.3) is 0 Å². The van der Waals surface area contributed by atoms with Crippen molar-refractivity contribution in [2.45, 2.75) is 44.2 Å². The molecule has 120 valence electrons. The molecule has 5 nitrogen and oxygen atoms in total. The number of nitrogens with one attached hydrogen (secondary N) is 1. The Hall–Kier alpha value is -1.46. The van der Waals surface area contributed by atoms with E-state index in [1.54, 1.807) is 6.20 Å². The summed E-state index contributed by atoms with van der Waals surface area (Å²) in [5, 5.41) is 3.14. The molecular formula is C17H25N3O2. The topological polar surface area (TPSA) is 54.5 Å². The van der Waals surface area contributed by atoms with E-state index in [1.807, 2.05) is 18.2 Å². The number of hydrogen-bond donors (Lipinski definition) is 1. The normalized spacial score (nSPS) is 23.5. The minimum Gasteiger partial charge on any atom is -0.377 e. The van der Waals surface area contributed by atoms with Gasteiger partial charge in [-0.2, -0.15) is 0 Å². The van der Waals surface area contributed by atoms with Crippen molar-refractivity contribution in [1.82, 2.24) is 15.2 Å². The van der Waals surface area contributed by atoms with Gasteiger partial charge in [0.15, 0.2) is 0 Å². The molecule has 0 unspecified atom stereocenters. The van der Waals surface area contributed by atoms with Gasteiger partial charge in [-0.15, -0.1) is 0 Å². The van der Waals surface area contributed by atoms with E-state index >= 15 is 0 Å². The predicted octanol–water partition coefficient (Wildman–Crippen LogP) is 1.38. The van der Waals surface area contributed by atoms with Crippen LogP contribution in [0.3, 0.4) is 0 Å². The Kier molecular flexibility index (Phi) is 5.40. The molecule has 0 bridgehead atoms. The Bertz CT molecular complexity index is 466. The maximum Gasteiger partial charge on any atom is 0.226 e. The highest BCUT2D eigenvalue weighted by Gasteiger charge is 2.24. The van der Waals surface area contributed by atoms with Crippen molar-refractivity contribution in [3.05, 3.63) is 30.1 Å². The molecule has 2 fully saturated rings. The minimum atomic E-state index is 0.0799. The monoisotopic (exact) mass is 303 g/mol. The molecule has 2 aliphatic rings. The quantitative estimate of drug-likeness (QED) is 0.893.